The summed E-state index contributed by atoms with van der Waals surface area (Å²) >= 11 is 7.11. The molecular formula is C22H23ClFN5O5S2. The number of nitrogens with one attached hydrogen (secondary N) is 1. The van der Waals surface area contributed by atoms with Crippen molar-refractivity contribution >= 4 is 44.0 Å². The number of aromatic nitrogens is 3. The Kier molecular flexibility index (Phi) is 7.85. The minimum Gasteiger partial charge on any atom is -0.496 e. The van der Waals surface area contributed by atoms with Crippen LogP contribution in [-0.2, 0) is 21.4 Å². The van der Waals surface area contributed by atoms with Gasteiger partial charge in [-0.1, -0.05) is 22.9 Å². The summed E-state index contributed by atoms with van der Waals surface area (Å²) in [4.78, 5) is 17.3. The number of anilines is 1. The van der Waals surface area contributed by atoms with Crippen molar-refractivity contribution in [2.24, 2.45) is 0 Å². The molecule has 0 bridgehead atoms. The van der Waals surface area contributed by atoms with Crippen molar-refractivity contribution in [1.29, 1.82) is 0 Å². The Bertz CT molecular complexity index is 1400. The minimum absolute atomic E-state index is 0.0479. The maximum atomic E-state index is 15.0. The third-order valence-corrected chi connectivity index (χ3v) is 7.91. The van der Waals surface area contributed by atoms with Crippen molar-refractivity contribution in [2.75, 3.05) is 31.8 Å². The first-order chi connectivity index (χ1) is 17.1. The average molecular weight is 556 g/mol. The van der Waals surface area contributed by atoms with Crippen molar-refractivity contribution in [3.63, 3.8) is 0 Å². The second-order valence-corrected chi connectivity index (χ2v) is 11.6. The van der Waals surface area contributed by atoms with Gasteiger partial charge in [0, 0.05) is 30.5 Å². The lowest BCUT2D eigenvalue weighted by molar-refractivity contribution is 0.0505. The predicted octanol–water partition coefficient (Wildman–Crippen LogP) is 3.51. The summed E-state index contributed by atoms with van der Waals surface area (Å²) in [7, 11) is -1.86. The van der Waals surface area contributed by atoms with Gasteiger partial charge in [0.15, 0.2) is 5.82 Å². The molecule has 0 spiro atoms. The molecule has 192 valence electrons. The molecule has 36 heavy (non-hydrogen) atoms. The first-order valence-electron chi connectivity index (χ1n) is 10.8. The normalized spacial score (nSPS) is 16.3. The van der Waals surface area contributed by atoms with E-state index in [1.165, 1.54) is 36.0 Å². The molecule has 3 aromatic rings. The van der Waals surface area contributed by atoms with Gasteiger partial charge in [0.1, 0.15) is 17.4 Å². The van der Waals surface area contributed by atoms with Crippen LogP contribution < -0.4 is 10.1 Å². The van der Waals surface area contributed by atoms with E-state index in [9.17, 15) is 13.2 Å². The zero-order valence-corrected chi connectivity index (χ0v) is 22.0. The van der Waals surface area contributed by atoms with E-state index in [-0.39, 0.29) is 51.8 Å². The van der Waals surface area contributed by atoms with E-state index in [0.29, 0.717) is 23.7 Å². The molecule has 1 amide bonds. The van der Waals surface area contributed by atoms with Crippen LogP contribution >= 0.6 is 22.9 Å². The zero-order valence-electron chi connectivity index (χ0n) is 19.6. The highest BCUT2D eigenvalue weighted by atomic mass is 35.5. The van der Waals surface area contributed by atoms with Gasteiger partial charge in [-0.2, -0.15) is 4.31 Å². The molecule has 14 heteroatoms. The van der Waals surface area contributed by atoms with E-state index in [0.717, 1.165) is 11.3 Å². The van der Waals surface area contributed by atoms with E-state index >= 15 is 4.39 Å². The highest BCUT2D eigenvalue weighted by molar-refractivity contribution is 7.88. The maximum absolute atomic E-state index is 15.0. The molecule has 1 fully saturated rings. The largest absolute Gasteiger partial charge is 0.496 e. The standard InChI is InChI=1S/C22H23ClFN5O5S2/c1-12-8-14(19-17(33-2)5-4-16(23)20(19)24)15(9-25-12)21(30)26-22-28-27-18(35-22)11-34-13-6-7-29(10-13)36(3,31)32/h4-5,8-9,13H,6-7,10-11H2,1-3H3,(H,26,28,30)/t13-/m0/s1. The molecule has 1 N–H and O–H groups in total. The first kappa shape index (κ1) is 26.4. The van der Waals surface area contributed by atoms with Crippen molar-refractivity contribution in [1.82, 2.24) is 19.5 Å². The molecule has 10 nitrogen and oxygen atoms in total. The van der Waals surface area contributed by atoms with Crippen LogP contribution in [-0.4, -0.2) is 66.4 Å². The van der Waals surface area contributed by atoms with Crippen LogP contribution in [0.1, 0.15) is 27.5 Å². The summed E-state index contributed by atoms with van der Waals surface area (Å²) in [5.74, 6) is -1.07. The first-order valence-corrected chi connectivity index (χ1v) is 13.8. The molecule has 4 rings (SSSR count). The van der Waals surface area contributed by atoms with Crippen molar-refractivity contribution < 1.29 is 27.1 Å². The van der Waals surface area contributed by atoms with Crippen LogP contribution in [0.5, 0.6) is 5.75 Å². The molecule has 0 aliphatic carbocycles. The lowest BCUT2D eigenvalue weighted by Gasteiger charge is -2.14. The Morgan fingerprint density at radius 2 is 2.14 bits per heavy atom. The van der Waals surface area contributed by atoms with Gasteiger partial charge in [-0.3, -0.25) is 15.1 Å². The number of amides is 1. The molecule has 0 unspecified atom stereocenters. The number of pyridine rings is 1. The molecule has 3 heterocycles. The number of carbonyl (C=O) groups is 1. The van der Waals surface area contributed by atoms with Crippen molar-refractivity contribution in [3.05, 3.63) is 51.5 Å². The van der Waals surface area contributed by atoms with Gasteiger partial charge in [-0.05, 0) is 31.5 Å². The van der Waals surface area contributed by atoms with Crippen LogP contribution in [0, 0.1) is 12.7 Å². The maximum Gasteiger partial charge on any atom is 0.259 e. The minimum atomic E-state index is -3.25. The Balaban J connectivity index is 1.49. The predicted molar refractivity (Wildman–Crippen MR) is 133 cm³/mol. The quantitative estimate of drug-likeness (QED) is 0.448. The summed E-state index contributed by atoms with van der Waals surface area (Å²) in [6, 6.07) is 4.48. The third kappa shape index (κ3) is 5.81. The summed E-state index contributed by atoms with van der Waals surface area (Å²) in [6.45, 7) is 2.54. The average Bonchev–Trinajstić information content (AvgIpc) is 3.48. The number of ether oxygens (including phenoxy) is 2. The molecule has 2 aromatic heterocycles. The Labute approximate surface area is 216 Å². The Morgan fingerprint density at radius 1 is 1.36 bits per heavy atom. The van der Waals surface area contributed by atoms with E-state index in [1.54, 1.807) is 13.0 Å². The fourth-order valence-corrected chi connectivity index (χ4v) is 5.44. The highest BCUT2D eigenvalue weighted by Crippen LogP contribution is 2.38. The van der Waals surface area contributed by atoms with Gasteiger partial charge in [0.2, 0.25) is 15.2 Å². The molecule has 0 saturated carbocycles. The zero-order chi connectivity index (χ0) is 26.0. The number of nitrogens with zero attached hydrogens (tertiary/aromatic N) is 4. The fourth-order valence-electron chi connectivity index (χ4n) is 3.75. The Morgan fingerprint density at radius 3 is 2.83 bits per heavy atom. The highest BCUT2D eigenvalue weighted by Gasteiger charge is 2.29. The monoisotopic (exact) mass is 555 g/mol. The van der Waals surface area contributed by atoms with E-state index in [2.05, 4.69) is 20.5 Å². The van der Waals surface area contributed by atoms with E-state index in [1.807, 2.05) is 0 Å². The van der Waals surface area contributed by atoms with E-state index < -0.39 is 21.7 Å². The molecule has 1 aromatic carbocycles. The number of aryl methyl sites for hydroxylation is 1. The number of hydrogen-bond acceptors (Lipinski definition) is 9. The number of hydrogen-bond donors (Lipinski definition) is 1. The van der Waals surface area contributed by atoms with Crippen LogP contribution in [0.2, 0.25) is 5.02 Å². The Hall–Kier alpha value is -2.71. The number of rotatable bonds is 8. The second kappa shape index (κ2) is 10.7. The number of carbonyl (C=O) groups excluding carboxylic acids is 1. The lowest BCUT2D eigenvalue weighted by Crippen LogP contribution is -2.29. The van der Waals surface area contributed by atoms with Crippen LogP contribution in [0.3, 0.4) is 0 Å². The van der Waals surface area contributed by atoms with Crippen LogP contribution in [0.25, 0.3) is 11.1 Å². The van der Waals surface area contributed by atoms with Crippen LogP contribution in [0.4, 0.5) is 9.52 Å². The number of benzene rings is 1. The van der Waals surface area contributed by atoms with Gasteiger partial charge in [-0.25, -0.2) is 12.8 Å². The van der Waals surface area contributed by atoms with E-state index in [4.69, 9.17) is 21.1 Å². The van der Waals surface area contributed by atoms with Crippen molar-refractivity contribution in [3.8, 4) is 16.9 Å². The molecule has 0 radical (unpaired) electrons. The lowest BCUT2D eigenvalue weighted by atomic mass is 9.98. The number of sulfonamides is 1. The SMILES string of the molecule is COc1ccc(Cl)c(F)c1-c1cc(C)ncc1C(=O)Nc1nnc(CO[C@H]2CCN(S(C)(=O)=O)C2)s1. The number of halogens is 2. The van der Waals surface area contributed by atoms with Gasteiger partial charge >= 0.3 is 0 Å². The molecular weight excluding hydrogens is 533 g/mol. The molecule has 1 aliphatic heterocycles. The van der Waals surface area contributed by atoms with Gasteiger partial charge in [-0.15, -0.1) is 10.2 Å². The number of methoxy groups -OCH3 is 1. The van der Waals surface area contributed by atoms with Gasteiger partial charge < -0.3 is 9.47 Å². The van der Waals surface area contributed by atoms with Gasteiger partial charge in [0.25, 0.3) is 5.91 Å². The van der Waals surface area contributed by atoms with Crippen LogP contribution in [0.15, 0.2) is 24.4 Å². The smallest absolute Gasteiger partial charge is 0.259 e. The summed E-state index contributed by atoms with van der Waals surface area (Å²) in [5, 5.41) is 11.3. The van der Waals surface area contributed by atoms with Gasteiger partial charge in [0.05, 0.1) is 35.6 Å². The second-order valence-electron chi connectivity index (χ2n) is 8.11. The topological polar surface area (TPSA) is 124 Å². The molecule has 1 aliphatic rings. The summed E-state index contributed by atoms with van der Waals surface area (Å²) in [5.41, 5.74) is 0.979. The molecule has 1 atom stereocenters. The molecule has 1 saturated heterocycles. The fraction of sp³-hybridized carbons (Fsp3) is 0.364. The summed E-state index contributed by atoms with van der Waals surface area (Å²) in [6.07, 6.45) is 2.85. The third-order valence-electron chi connectivity index (χ3n) is 5.54. The summed E-state index contributed by atoms with van der Waals surface area (Å²) < 4.78 is 50.8. The van der Waals surface area contributed by atoms with Crippen molar-refractivity contribution in [2.45, 2.75) is 26.1 Å².